The maximum absolute atomic E-state index is 13.3. The third-order valence-electron chi connectivity index (χ3n) is 5.39. The number of likely N-dealkylation sites (tertiary alicyclic amines) is 1. The van der Waals surface area contributed by atoms with Crippen LogP contribution in [0.4, 0.5) is 0 Å². The third kappa shape index (κ3) is 7.73. The van der Waals surface area contributed by atoms with Gasteiger partial charge in [0.25, 0.3) is 0 Å². The zero-order valence-electron chi connectivity index (χ0n) is 18.7. The van der Waals surface area contributed by atoms with Crippen molar-refractivity contribution in [1.29, 1.82) is 0 Å². The monoisotopic (exact) mass is 498 g/mol. The summed E-state index contributed by atoms with van der Waals surface area (Å²) in [5.74, 6) is -4.04. The average molecular weight is 499 g/mol. The third-order valence-corrected chi connectivity index (χ3v) is 6.03. The second-order valence-corrected chi connectivity index (χ2v) is 8.90. The van der Waals surface area contributed by atoms with Crippen LogP contribution in [0.3, 0.4) is 0 Å². The predicted octanol–water partition coefficient (Wildman–Crippen LogP) is -1.45. The number of carboxylic acids is 2. The molecule has 7 N–H and O–H groups in total. The molecule has 0 aliphatic carbocycles. The number of nitrogens with zero attached hydrogens (tertiary/aromatic N) is 2. The van der Waals surface area contributed by atoms with Gasteiger partial charge in [-0.3, -0.25) is 19.2 Å². The number of imidazole rings is 1. The van der Waals surface area contributed by atoms with Gasteiger partial charge in [0.1, 0.15) is 18.1 Å². The summed E-state index contributed by atoms with van der Waals surface area (Å²) in [7, 11) is 0. The largest absolute Gasteiger partial charge is 0.481 e. The van der Waals surface area contributed by atoms with Crippen molar-refractivity contribution in [3.63, 3.8) is 0 Å². The molecular weight excluding hydrogens is 468 g/mol. The minimum absolute atomic E-state index is 0.199. The van der Waals surface area contributed by atoms with Gasteiger partial charge < -0.3 is 36.5 Å². The molecule has 1 aliphatic heterocycles. The first kappa shape index (κ1) is 27.1. The number of amides is 3. The molecule has 3 amide bonds. The normalized spacial score (nSPS) is 18.1. The maximum atomic E-state index is 13.3. The summed E-state index contributed by atoms with van der Waals surface area (Å²) in [6.07, 6.45) is 5.38. The van der Waals surface area contributed by atoms with Crippen LogP contribution >= 0.6 is 11.8 Å². The quantitative estimate of drug-likeness (QED) is 0.186. The molecule has 13 nitrogen and oxygen atoms in total. The molecule has 0 radical (unpaired) electrons. The first-order valence-corrected chi connectivity index (χ1v) is 12.1. The lowest BCUT2D eigenvalue weighted by Crippen LogP contribution is -2.57. The lowest BCUT2D eigenvalue weighted by atomic mass is 10.1. The van der Waals surface area contributed by atoms with Crippen LogP contribution in [0.15, 0.2) is 12.5 Å². The maximum Gasteiger partial charge on any atom is 0.326 e. The Hall–Kier alpha value is -3.13. The second-order valence-electron chi connectivity index (χ2n) is 7.92. The lowest BCUT2D eigenvalue weighted by Gasteiger charge is -2.29. The van der Waals surface area contributed by atoms with Gasteiger partial charge in [-0.05, 0) is 31.3 Å². The van der Waals surface area contributed by atoms with Gasteiger partial charge in [0.05, 0.1) is 18.8 Å². The number of H-pyrrole nitrogens is 1. The van der Waals surface area contributed by atoms with Crippen LogP contribution in [0.5, 0.6) is 0 Å². The Kier molecular flexibility index (Phi) is 10.3. The van der Waals surface area contributed by atoms with Crippen molar-refractivity contribution >= 4 is 41.4 Å². The van der Waals surface area contributed by atoms with Crippen molar-refractivity contribution in [3.8, 4) is 0 Å². The van der Waals surface area contributed by atoms with E-state index in [0.717, 1.165) is 0 Å². The van der Waals surface area contributed by atoms with E-state index in [2.05, 4.69) is 20.6 Å². The summed E-state index contributed by atoms with van der Waals surface area (Å²) < 4.78 is 0. The molecule has 2 heterocycles. The summed E-state index contributed by atoms with van der Waals surface area (Å²) in [6, 6.07) is -4.42. The first-order valence-electron chi connectivity index (χ1n) is 10.7. The van der Waals surface area contributed by atoms with Crippen LogP contribution in [0.25, 0.3) is 0 Å². The summed E-state index contributed by atoms with van der Waals surface area (Å²) >= 11 is 1.49. The Morgan fingerprint density at radius 2 is 2.00 bits per heavy atom. The van der Waals surface area contributed by atoms with Gasteiger partial charge in [-0.15, -0.1) is 0 Å². The lowest BCUT2D eigenvalue weighted by molar-refractivity contribution is -0.148. The van der Waals surface area contributed by atoms with E-state index in [0.29, 0.717) is 30.7 Å². The highest BCUT2D eigenvalue weighted by atomic mass is 32.2. The summed E-state index contributed by atoms with van der Waals surface area (Å²) in [6.45, 7) is 0.249. The Bertz CT molecular complexity index is 881. The number of rotatable bonds is 13. The van der Waals surface area contributed by atoms with E-state index < -0.39 is 60.2 Å². The van der Waals surface area contributed by atoms with E-state index in [4.69, 9.17) is 10.8 Å². The molecular formula is C20H30N6O7S. The van der Waals surface area contributed by atoms with Crippen molar-refractivity contribution < 1.29 is 34.2 Å². The van der Waals surface area contributed by atoms with E-state index in [9.17, 15) is 29.1 Å². The van der Waals surface area contributed by atoms with Crippen LogP contribution in [0.1, 0.15) is 31.4 Å². The number of aliphatic carboxylic acids is 2. The van der Waals surface area contributed by atoms with Gasteiger partial charge in [0.15, 0.2) is 0 Å². The second kappa shape index (κ2) is 12.9. The number of carbonyl (C=O) groups excluding carboxylic acids is 3. The van der Waals surface area contributed by atoms with Crippen molar-refractivity contribution in [2.24, 2.45) is 5.73 Å². The van der Waals surface area contributed by atoms with E-state index in [1.807, 2.05) is 6.26 Å². The molecule has 1 saturated heterocycles. The molecule has 1 aliphatic rings. The molecule has 4 unspecified atom stereocenters. The standard InChI is InChI=1S/C20H30N6O7S/c1-34-6-4-13(24-17(29)12(21)7-11-9-22-10-23-11)19(31)26-5-2-3-15(26)18(30)25-14(20(32)33)8-16(27)28/h9-10,12-15H,2-8,21H2,1H3,(H,22,23)(H,24,29)(H,25,30)(H,27,28)(H,32,33). The van der Waals surface area contributed by atoms with Crippen LogP contribution in [-0.2, 0) is 30.4 Å². The molecule has 4 atom stereocenters. The van der Waals surface area contributed by atoms with Crippen LogP contribution in [0, 0.1) is 0 Å². The molecule has 34 heavy (non-hydrogen) atoms. The van der Waals surface area contributed by atoms with E-state index in [1.54, 1.807) is 6.20 Å². The fourth-order valence-electron chi connectivity index (χ4n) is 3.64. The number of hydrogen-bond acceptors (Lipinski definition) is 8. The fourth-order valence-corrected chi connectivity index (χ4v) is 4.12. The SMILES string of the molecule is CSCCC(NC(=O)C(N)Cc1cnc[nH]1)C(=O)N1CCCC1C(=O)NC(CC(=O)O)C(=O)O. The van der Waals surface area contributed by atoms with Crippen LogP contribution < -0.4 is 16.4 Å². The first-order chi connectivity index (χ1) is 16.1. The molecule has 0 spiro atoms. The van der Waals surface area contributed by atoms with Crippen LogP contribution in [-0.4, -0.2) is 97.5 Å². The fraction of sp³-hybridized carbons (Fsp3) is 0.600. The highest BCUT2D eigenvalue weighted by Crippen LogP contribution is 2.20. The smallest absolute Gasteiger partial charge is 0.326 e. The summed E-state index contributed by atoms with van der Waals surface area (Å²) in [5.41, 5.74) is 6.65. The Labute approximate surface area is 200 Å². The number of nitrogens with two attached hydrogens (primary N) is 1. The van der Waals surface area contributed by atoms with Crippen molar-refractivity contribution in [3.05, 3.63) is 18.2 Å². The number of aromatic amines is 1. The Morgan fingerprint density at radius 1 is 1.26 bits per heavy atom. The molecule has 0 saturated carbocycles. The number of carboxylic acid groups (broad SMARTS) is 2. The number of aromatic nitrogens is 2. The molecule has 1 fully saturated rings. The molecule has 2 rings (SSSR count). The van der Waals surface area contributed by atoms with E-state index in [1.165, 1.54) is 23.0 Å². The summed E-state index contributed by atoms with van der Waals surface area (Å²) in [4.78, 5) is 68.9. The van der Waals surface area contributed by atoms with Gasteiger partial charge in [-0.1, -0.05) is 0 Å². The van der Waals surface area contributed by atoms with Gasteiger partial charge in [0.2, 0.25) is 17.7 Å². The molecule has 1 aromatic rings. The number of carbonyl (C=O) groups is 5. The predicted molar refractivity (Wildman–Crippen MR) is 122 cm³/mol. The number of nitrogens with one attached hydrogen (secondary N) is 3. The highest BCUT2D eigenvalue weighted by molar-refractivity contribution is 7.98. The van der Waals surface area contributed by atoms with Gasteiger partial charge in [0, 0.05) is 24.9 Å². The Morgan fingerprint density at radius 3 is 2.59 bits per heavy atom. The zero-order chi connectivity index (χ0) is 25.3. The van der Waals surface area contributed by atoms with E-state index >= 15 is 0 Å². The average Bonchev–Trinajstić information content (AvgIpc) is 3.47. The van der Waals surface area contributed by atoms with Crippen molar-refractivity contribution in [2.75, 3.05) is 18.6 Å². The molecule has 0 aromatic carbocycles. The van der Waals surface area contributed by atoms with Crippen molar-refractivity contribution in [1.82, 2.24) is 25.5 Å². The summed E-state index contributed by atoms with van der Waals surface area (Å²) in [5, 5.41) is 23.0. The van der Waals surface area contributed by atoms with Gasteiger partial charge >= 0.3 is 11.9 Å². The molecule has 14 heteroatoms. The minimum Gasteiger partial charge on any atom is -0.481 e. The highest BCUT2D eigenvalue weighted by Gasteiger charge is 2.39. The molecule has 1 aromatic heterocycles. The Balaban J connectivity index is 2.08. The molecule has 188 valence electrons. The molecule has 0 bridgehead atoms. The van der Waals surface area contributed by atoms with Crippen LogP contribution in [0.2, 0.25) is 0 Å². The van der Waals surface area contributed by atoms with Gasteiger partial charge in [-0.25, -0.2) is 9.78 Å². The minimum atomic E-state index is -1.62. The zero-order valence-corrected chi connectivity index (χ0v) is 19.5. The van der Waals surface area contributed by atoms with Gasteiger partial charge in [-0.2, -0.15) is 11.8 Å². The number of thioether (sulfide) groups is 1. The topological polar surface area (TPSA) is 208 Å². The van der Waals surface area contributed by atoms with E-state index in [-0.39, 0.29) is 13.0 Å². The number of hydrogen-bond donors (Lipinski definition) is 6. The van der Waals surface area contributed by atoms with Crippen molar-refractivity contribution in [2.45, 2.75) is 56.3 Å².